The third-order valence-electron chi connectivity index (χ3n) is 4.77. The van der Waals surface area contributed by atoms with Crippen LogP contribution in [-0.2, 0) is 4.79 Å². The van der Waals surface area contributed by atoms with Gasteiger partial charge in [-0.15, -0.1) is 0 Å². The molecule has 2 saturated carbocycles. The van der Waals surface area contributed by atoms with E-state index in [-0.39, 0.29) is 22.5 Å². The number of carbonyl (C=O) groups excluding carboxylic acids is 1. The largest absolute Gasteiger partial charge is 0.329 e. The van der Waals surface area contributed by atoms with Crippen LogP contribution in [0, 0.1) is 23.6 Å². The zero-order valence-electron chi connectivity index (χ0n) is 12.3. The number of hydrogen-bond acceptors (Lipinski definition) is 2. The van der Waals surface area contributed by atoms with E-state index in [4.69, 9.17) is 12.2 Å². The van der Waals surface area contributed by atoms with Crippen molar-refractivity contribution in [3.63, 3.8) is 0 Å². The van der Waals surface area contributed by atoms with Gasteiger partial charge in [-0.05, 0) is 61.4 Å². The van der Waals surface area contributed by atoms with Gasteiger partial charge in [-0.25, -0.2) is 4.39 Å². The molecule has 3 atom stereocenters. The Balaban J connectivity index is 1.41. The highest BCUT2D eigenvalue weighted by atomic mass is 32.1. The fourth-order valence-electron chi connectivity index (χ4n) is 3.76. The van der Waals surface area contributed by atoms with Crippen LogP contribution >= 0.6 is 12.2 Å². The molecule has 3 rings (SSSR count). The minimum atomic E-state index is -0.389. The Hall–Kier alpha value is -1.69. The smallest absolute Gasteiger partial charge is 0.238 e. The lowest BCUT2D eigenvalue weighted by molar-refractivity contribution is -0.122. The molecule has 2 aliphatic rings. The van der Waals surface area contributed by atoms with Crippen molar-refractivity contribution in [3.05, 3.63) is 30.1 Å². The fourth-order valence-corrected chi connectivity index (χ4v) is 3.92. The van der Waals surface area contributed by atoms with Gasteiger partial charge in [0.05, 0.1) is 5.69 Å². The number of benzene rings is 1. The number of nitrogens with one attached hydrogen (secondary N) is 3. The molecule has 22 heavy (non-hydrogen) atoms. The number of anilines is 1. The quantitative estimate of drug-likeness (QED) is 0.592. The molecule has 0 unspecified atom stereocenters. The SMILES string of the molecule is O=C(C[C@@H]1C[C@H]2CC[C@@H]1C2)NNC(=S)Nc1ccccc1F. The summed E-state index contributed by atoms with van der Waals surface area (Å²) in [6.07, 6.45) is 5.60. The van der Waals surface area contributed by atoms with E-state index in [0.717, 1.165) is 11.8 Å². The van der Waals surface area contributed by atoms with Crippen molar-refractivity contribution >= 4 is 28.9 Å². The highest BCUT2D eigenvalue weighted by Crippen LogP contribution is 2.49. The highest BCUT2D eigenvalue weighted by molar-refractivity contribution is 7.80. The molecule has 0 spiro atoms. The fraction of sp³-hybridized carbons (Fsp3) is 0.500. The maximum absolute atomic E-state index is 13.5. The molecule has 2 bridgehead atoms. The lowest BCUT2D eigenvalue weighted by Crippen LogP contribution is -2.44. The topological polar surface area (TPSA) is 53.2 Å². The minimum absolute atomic E-state index is 0.0600. The van der Waals surface area contributed by atoms with Crippen LogP contribution in [0.4, 0.5) is 10.1 Å². The van der Waals surface area contributed by atoms with Crippen LogP contribution in [0.5, 0.6) is 0 Å². The molecule has 0 radical (unpaired) electrons. The normalized spacial score (nSPS) is 25.8. The van der Waals surface area contributed by atoms with Gasteiger partial charge in [-0.3, -0.25) is 15.6 Å². The van der Waals surface area contributed by atoms with E-state index in [1.165, 1.54) is 31.7 Å². The Morgan fingerprint density at radius 1 is 1.23 bits per heavy atom. The zero-order valence-corrected chi connectivity index (χ0v) is 13.1. The van der Waals surface area contributed by atoms with Crippen molar-refractivity contribution in [2.75, 3.05) is 5.32 Å². The predicted molar refractivity (Wildman–Crippen MR) is 87.5 cm³/mol. The lowest BCUT2D eigenvalue weighted by Gasteiger charge is -2.21. The zero-order chi connectivity index (χ0) is 15.5. The van der Waals surface area contributed by atoms with Crippen molar-refractivity contribution in [2.24, 2.45) is 17.8 Å². The maximum Gasteiger partial charge on any atom is 0.238 e. The number of amides is 1. The molecule has 1 aromatic carbocycles. The summed E-state index contributed by atoms with van der Waals surface area (Å²) in [5.74, 6) is 1.61. The molecule has 0 heterocycles. The number of hydrazine groups is 1. The predicted octanol–water partition coefficient (Wildman–Crippen LogP) is 2.97. The summed E-state index contributed by atoms with van der Waals surface area (Å²) in [6.45, 7) is 0. The molecule has 1 aromatic rings. The Morgan fingerprint density at radius 2 is 2.05 bits per heavy atom. The van der Waals surface area contributed by atoms with Gasteiger partial charge in [0.2, 0.25) is 5.91 Å². The summed E-state index contributed by atoms with van der Waals surface area (Å²) in [6, 6.07) is 6.24. The third kappa shape index (κ3) is 3.55. The summed E-state index contributed by atoms with van der Waals surface area (Å²) in [5.41, 5.74) is 5.50. The number of hydrogen-bond donors (Lipinski definition) is 3. The molecular formula is C16H20FN3OS. The molecule has 0 saturated heterocycles. The molecule has 0 aromatic heterocycles. The number of carbonyl (C=O) groups is 1. The van der Waals surface area contributed by atoms with E-state index in [1.54, 1.807) is 18.2 Å². The standard InChI is InChI=1S/C16H20FN3OS/c17-13-3-1-2-4-14(13)18-16(22)20-19-15(21)9-12-8-10-5-6-11(12)7-10/h1-4,10-12H,5-9H2,(H,19,21)(H2,18,20,22)/t10-,11+,12-/m0/s1. The van der Waals surface area contributed by atoms with Crippen LogP contribution in [0.15, 0.2) is 24.3 Å². The molecule has 2 fully saturated rings. The summed E-state index contributed by atoms with van der Waals surface area (Å²) >= 11 is 5.05. The first kappa shape index (κ1) is 15.2. The van der Waals surface area contributed by atoms with E-state index in [9.17, 15) is 9.18 Å². The molecule has 0 aliphatic heterocycles. The first-order valence-corrected chi connectivity index (χ1v) is 8.13. The van der Waals surface area contributed by atoms with Gasteiger partial charge in [-0.1, -0.05) is 18.6 Å². The Morgan fingerprint density at radius 3 is 2.73 bits per heavy atom. The number of halogens is 1. The van der Waals surface area contributed by atoms with Crippen LogP contribution in [0.1, 0.15) is 32.1 Å². The minimum Gasteiger partial charge on any atom is -0.329 e. The summed E-state index contributed by atoms with van der Waals surface area (Å²) < 4.78 is 13.5. The van der Waals surface area contributed by atoms with Crippen molar-refractivity contribution in [1.29, 1.82) is 0 Å². The highest BCUT2D eigenvalue weighted by Gasteiger charge is 2.40. The molecular weight excluding hydrogens is 301 g/mol. The van der Waals surface area contributed by atoms with Gasteiger partial charge >= 0.3 is 0 Å². The molecule has 2 aliphatic carbocycles. The van der Waals surface area contributed by atoms with Crippen molar-refractivity contribution in [1.82, 2.24) is 10.9 Å². The number of rotatable bonds is 3. The summed E-state index contributed by atoms with van der Waals surface area (Å²) in [5, 5.41) is 2.89. The number of thiocarbonyl (C=S) groups is 1. The lowest BCUT2D eigenvalue weighted by atomic mass is 9.86. The van der Waals surface area contributed by atoms with Crippen LogP contribution in [0.3, 0.4) is 0 Å². The van der Waals surface area contributed by atoms with Crippen LogP contribution in [0.25, 0.3) is 0 Å². The summed E-state index contributed by atoms with van der Waals surface area (Å²) in [4.78, 5) is 12.0. The van der Waals surface area contributed by atoms with Crippen molar-refractivity contribution in [2.45, 2.75) is 32.1 Å². The van der Waals surface area contributed by atoms with Crippen LogP contribution < -0.4 is 16.2 Å². The number of fused-ring (bicyclic) bond motifs is 2. The third-order valence-corrected chi connectivity index (χ3v) is 4.97. The Labute approximate surface area is 134 Å². The molecule has 4 nitrogen and oxygen atoms in total. The molecule has 3 N–H and O–H groups in total. The van der Waals surface area contributed by atoms with Gasteiger partial charge in [-0.2, -0.15) is 0 Å². The second-order valence-corrected chi connectivity index (χ2v) is 6.65. The van der Waals surface area contributed by atoms with E-state index >= 15 is 0 Å². The van der Waals surface area contributed by atoms with E-state index in [0.29, 0.717) is 12.3 Å². The second-order valence-electron chi connectivity index (χ2n) is 6.25. The molecule has 118 valence electrons. The average molecular weight is 321 g/mol. The maximum atomic E-state index is 13.5. The molecule has 1 amide bonds. The first-order chi connectivity index (χ1) is 10.6. The Bertz CT molecular complexity index is 580. The Kier molecular flexibility index (Phi) is 4.57. The second kappa shape index (κ2) is 6.60. The van der Waals surface area contributed by atoms with Gasteiger partial charge in [0, 0.05) is 6.42 Å². The van der Waals surface area contributed by atoms with Gasteiger partial charge in [0.15, 0.2) is 5.11 Å². The average Bonchev–Trinajstić information content (AvgIpc) is 3.10. The van der Waals surface area contributed by atoms with E-state index < -0.39 is 0 Å². The van der Waals surface area contributed by atoms with Gasteiger partial charge in [0.1, 0.15) is 5.82 Å². The molecule has 6 heteroatoms. The summed E-state index contributed by atoms with van der Waals surface area (Å²) in [7, 11) is 0. The van der Waals surface area contributed by atoms with Crippen molar-refractivity contribution in [3.8, 4) is 0 Å². The van der Waals surface area contributed by atoms with E-state index in [1.807, 2.05) is 0 Å². The van der Waals surface area contributed by atoms with Crippen LogP contribution in [-0.4, -0.2) is 11.0 Å². The monoisotopic (exact) mass is 321 g/mol. The first-order valence-electron chi connectivity index (χ1n) is 7.72. The number of para-hydroxylation sites is 1. The van der Waals surface area contributed by atoms with E-state index in [2.05, 4.69) is 16.2 Å². The van der Waals surface area contributed by atoms with Crippen molar-refractivity contribution < 1.29 is 9.18 Å². The van der Waals surface area contributed by atoms with Gasteiger partial charge < -0.3 is 5.32 Å². The van der Waals surface area contributed by atoms with Crippen LogP contribution in [0.2, 0.25) is 0 Å². The van der Waals surface area contributed by atoms with Gasteiger partial charge in [0.25, 0.3) is 0 Å².